The molecule has 0 atom stereocenters. The first-order chi connectivity index (χ1) is 17.4. The summed E-state index contributed by atoms with van der Waals surface area (Å²) in [5.41, 5.74) is 3.03. The second-order valence-corrected chi connectivity index (χ2v) is 9.00. The topological polar surface area (TPSA) is 82.1 Å². The average molecular weight is 499 g/mol. The molecule has 180 valence electrons. The van der Waals surface area contributed by atoms with Crippen molar-refractivity contribution in [3.05, 3.63) is 107 Å². The van der Waals surface area contributed by atoms with Crippen LogP contribution < -0.4 is 9.67 Å². The van der Waals surface area contributed by atoms with E-state index in [1.54, 1.807) is 47.3 Å². The normalized spacial score (nSPS) is 13.7. The van der Waals surface area contributed by atoms with Crippen LogP contribution in [0.3, 0.4) is 0 Å². The van der Waals surface area contributed by atoms with E-state index in [4.69, 9.17) is 11.6 Å². The molecule has 0 bridgehead atoms. The number of hydrogen-bond donors (Lipinski definition) is 0. The maximum absolute atomic E-state index is 13.8. The predicted molar refractivity (Wildman–Crippen MR) is 134 cm³/mol. The molecule has 3 heterocycles. The number of carbonyl (C=O) groups is 2. The minimum atomic E-state index is -0.518. The third kappa shape index (κ3) is 4.07. The van der Waals surface area contributed by atoms with Crippen LogP contribution in [0.1, 0.15) is 29.3 Å². The lowest BCUT2D eigenvalue weighted by molar-refractivity contribution is -0.577. The van der Waals surface area contributed by atoms with E-state index in [9.17, 15) is 14.7 Å². The van der Waals surface area contributed by atoms with Crippen molar-refractivity contribution in [1.29, 1.82) is 0 Å². The number of amides is 2. The first kappa shape index (κ1) is 23.5. The Hall–Kier alpha value is -4.23. The highest BCUT2D eigenvalue weighted by Crippen LogP contribution is 2.37. The lowest BCUT2D eigenvalue weighted by atomic mass is 10.0. The molecule has 0 aliphatic carbocycles. The molecule has 5 rings (SSSR count). The van der Waals surface area contributed by atoms with Crippen LogP contribution in [0.2, 0.25) is 5.02 Å². The van der Waals surface area contributed by atoms with Crippen LogP contribution in [0.5, 0.6) is 5.88 Å². The predicted octanol–water partition coefficient (Wildman–Crippen LogP) is 3.69. The summed E-state index contributed by atoms with van der Waals surface area (Å²) in [6, 6.07) is 19.7. The molecule has 0 N–H and O–H groups in total. The summed E-state index contributed by atoms with van der Waals surface area (Å²) in [4.78, 5) is 28.8. The fourth-order valence-corrected chi connectivity index (χ4v) is 4.50. The highest BCUT2D eigenvalue weighted by molar-refractivity contribution is 6.44. The second kappa shape index (κ2) is 9.43. The summed E-state index contributed by atoms with van der Waals surface area (Å²) < 4.78 is 2.88. The van der Waals surface area contributed by atoms with E-state index >= 15 is 0 Å². The molecule has 0 radical (unpaired) electrons. The molecule has 36 heavy (non-hydrogen) atoms. The lowest BCUT2D eigenvalue weighted by Gasteiger charge is -2.15. The Morgan fingerprint density at radius 2 is 1.69 bits per heavy atom. The zero-order valence-corrected chi connectivity index (χ0v) is 20.6. The lowest BCUT2D eigenvalue weighted by Crippen LogP contribution is -2.39. The average Bonchev–Trinajstić information content (AvgIpc) is 3.33. The molecular formula is C28H23ClN4O3. The molecule has 0 spiro atoms. The van der Waals surface area contributed by atoms with Crippen molar-refractivity contribution in [2.75, 3.05) is 0 Å². The van der Waals surface area contributed by atoms with Crippen molar-refractivity contribution in [2.45, 2.75) is 26.8 Å². The second-order valence-electron chi connectivity index (χ2n) is 8.56. The van der Waals surface area contributed by atoms with Gasteiger partial charge in [-0.1, -0.05) is 48.9 Å². The van der Waals surface area contributed by atoms with Gasteiger partial charge in [0.1, 0.15) is 5.57 Å². The third-order valence-corrected chi connectivity index (χ3v) is 6.36. The molecule has 0 fully saturated rings. The number of nitrogens with zero attached hydrogens (tertiary/aromatic N) is 4. The minimum Gasteiger partial charge on any atom is -0.858 e. The van der Waals surface area contributed by atoms with Crippen LogP contribution in [-0.2, 0) is 22.6 Å². The summed E-state index contributed by atoms with van der Waals surface area (Å²) >= 11 is 6.02. The Labute approximate surface area is 213 Å². The van der Waals surface area contributed by atoms with Gasteiger partial charge in [-0.25, -0.2) is 4.68 Å². The van der Waals surface area contributed by atoms with Crippen molar-refractivity contribution < 1.29 is 19.3 Å². The zero-order chi connectivity index (χ0) is 25.4. The summed E-state index contributed by atoms with van der Waals surface area (Å²) in [6.07, 6.45) is 3.88. The highest BCUT2D eigenvalue weighted by Gasteiger charge is 2.46. The number of hydrogen-bond acceptors (Lipinski definition) is 4. The Morgan fingerprint density at radius 3 is 2.36 bits per heavy atom. The molecule has 2 aromatic carbocycles. The van der Waals surface area contributed by atoms with Crippen LogP contribution in [0.25, 0.3) is 17.0 Å². The molecule has 8 heteroatoms. The number of pyridine rings is 1. The third-order valence-electron chi connectivity index (χ3n) is 6.11. The maximum Gasteiger partial charge on any atom is 0.327 e. The Morgan fingerprint density at radius 1 is 0.972 bits per heavy atom. The van der Waals surface area contributed by atoms with Gasteiger partial charge in [0.15, 0.2) is 12.4 Å². The van der Waals surface area contributed by atoms with Crippen molar-refractivity contribution in [3.8, 4) is 11.6 Å². The van der Waals surface area contributed by atoms with Crippen molar-refractivity contribution in [2.24, 2.45) is 0 Å². The van der Waals surface area contributed by atoms with Crippen molar-refractivity contribution in [1.82, 2.24) is 14.7 Å². The van der Waals surface area contributed by atoms with Gasteiger partial charge >= 0.3 is 5.91 Å². The Balaban J connectivity index is 1.71. The Bertz CT molecular complexity index is 1510. The van der Waals surface area contributed by atoms with Gasteiger partial charge in [-0.3, -0.25) is 14.5 Å². The summed E-state index contributed by atoms with van der Waals surface area (Å²) in [5, 5.41) is 18.8. The Kier molecular flexibility index (Phi) is 6.16. The molecule has 2 amide bonds. The van der Waals surface area contributed by atoms with E-state index in [-0.39, 0.29) is 23.4 Å². The number of benzene rings is 2. The standard InChI is InChI=1S/C28H23ClN4O3/c1-3-22-23(27(35)33(30-22)21-13-11-20(29)12-14-21)24-25(31-15-7-8-18(2)16-31)28(36)32(26(24)34)17-19-9-5-4-6-10-19/h4-16H,3,17H2,1-2H3. The van der Waals surface area contributed by atoms with E-state index in [1.807, 2.05) is 50.2 Å². The summed E-state index contributed by atoms with van der Waals surface area (Å²) in [6.45, 7) is 3.86. The van der Waals surface area contributed by atoms with Gasteiger partial charge in [0.2, 0.25) is 0 Å². The van der Waals surface area contributed by atoms with Crippen LogP contribution in [-0.4, -0.2) is 26.5 Å². The summed E-state index contributed by atoms with van der Waals surface area (Å²) in [7, 11) is 0. The fourth-order valence-electron chi connectivity index (χ4n) is 4.37. The van der Waals surface area contributed by atoms with Gasteiger partial charge in [-0.05, 0) is 55.1 Å². The van der Waals surface area contributed by atoms with Crippen LogP contribution in [0, 0.1) is 6.92 Å². The number of halogens is 1. The van der Waals surface area contributed by atoms with Gasteiger partial charge in [0, 0.05) is 22.2 Å². The fraction of sp³-hybridized carbons (Fsp3) is 0.143. The van der Waals surface area contributed by atoms with Gasteiger partial charge in [-0.15, -0.1) is 0 Å². The number of imide groups is 1. The van der Waals surface area contributed by atoms with Crippen molar-refractivity contribution >= 4 is 34.7 Å². The maximum atomic E-state index is 13.8. The van der Waals surface area contributed by atoms with Gasteiger partial charge < -0.3 is 5.11 Å². The van der Waals surface area contributed by atoms with Gasteiger partial charge in [0.25, 0.3) is 11.6 Å². The molecule has 1 aliphatic rings. The SMILES string of the molecule is CCc1nn(-c2ccc(Cl)cc2)c([O-])c1C1=C([n+]2cccc(C)c2)C(=O)N(Cc2ccccc2)C1=O. The molecule has 0 saturated carbocycles. The first-order valence-corrected chi connectivity index (χ1v) is 11.9. The number of aromatic nitrogens is 3. The van der Waals surface area contributed by atoms with E-state index in [0.717, 1.165) is 11.1 Å². The smallest absolute Gasteiger partial charge is 0.327 e. The number of carbonyl (C=O) groups excluding carboxylic acids is 2. The number of aryl methyl sites for hydroxylation is 2. The molecule has 0 saturated heterocycles. The molecule has 2 aromatic heterocycles. The monoisotopic (exact) mass is 498 g/mol. The van der Waals surface area contributed by atoms with Gasteiger partial charge in [0.05, 0.1) is 17.9 Å². The van der Waals surface area contributed by atoms with Crippen LogP contribution >= 0.6 is 11.6 Å². The van der Waals surface area contributed by atoms with E-state index in [0.29, 0.717) is 22.8 Å². The van der Waals surface area contributed by atoms with Crippen LogP contribution in [0.15, 0.2) is 79.1 Å². The highest BCUT2D eigenvalue weighted by atomic mass is 35.5. The van der Waals surface area contributed by atoms with E-state index in [2.05, 4.69) is 5.10 Å². The quantitative estimate of drug-likeness (QED) is 0.300. The minimum absolute atomic E-state index is 0.0635. The molecule has 1 aliphatic heterocycles. The number of rotatable bonds is 6. The van der Waals surface area contributed by atoms with E-state index in [1.165, 1.54) is 9.58 Å². The van der Waals surface area contributed by atoms with Crippen molar-refractivity contribution in [3.63, 3.8) is 0 Å². The summed E-state index contributed by atoms with van der Waals surface area (Å²) in [5.74, 6) is -1.44. The zero-order valence-electron chi connectivity index (χ0n) is 19.8. The molecule has 7 nitrogen and oxygen atoms in total. The van der Waals surface area contributed by atoms with Gasteiger partial charge in [-0.2, -0.15) is 9.67 Å². The molecular weight excluding hydrogens is 476 g/mol. The first-order valence-electron chi connectivity index (χ1n) is 11.6. The molecule has 4 aromatic rings. The van der Waals surface area contributed by atoms with E-state index < -0.39 is 17.7 Å². The van der Waals surface area contributed by atoms with Crippen LogP contribution in [0.4, 0.5) is 0 Å². The molecule has 0 unspecified atom stereocenters. The largest absolute Gasteiger partial charge is 0.858 e.